The maximum Gasteiger partial charge on any atom is 0.328 e. The van der Waals surface area contributed by atoms with Crippen molar-refractivity contribution in [3.8, 4) is 5.75 Å². The van der Waals surface area contributed by atoms with Gasteiger partial charge in [-0.3, -0.25) is 0 Å². The average molecular weight is 292 g/mol. The minimum atomic E-state index is -0.928. The molecule has 20 heavy (non-hydrogen) atoms. The highest BCUT2D eigenvalue weighted by molar-refractivity contribution is 7.99. The zero-order valence-corrected chi connectivity index (χ0v) is 12.5. The lowest BCUT2D eigenvalue weighted by atomic mass is 10.1. The molecule has 0 bridgehead atoms. The van der Waals surface area contributed by atoms with E-state index in [0.29, 0.717) is 0 Å². The summed E-state index contributed by atoms with van der Waals surface area (Å²) in [6, 6.07) is 5.80. The second-order valence-corrected chi connectivity index (χ2v) is 6.25. The first-order valence-corrected chi connectivity index (χ1v) is 7.93. The standard InChI is InChI=1S/C16H20O3S/c1-19-15-8-6-12(7-9-16(17)18)10-13(15)11-20-14-4-2-3-5-14/h6-10,14H,2-5,11H2,1H3,(H,17,18). The maximum atomic E-state index is 10.6. The third kappa shape index (κ3) is 4.30. The Kier molecular flexibility index (Phi) is 5.53. The molecule has 0 aromatic heterocycles. The second kappa shape index (κ2) is 7.39. The van der Waals surface area contributed by atoms with Crippen molar-refractivity contribution in [2.45, 2.75) is 36.7 Å². The zero-order chi connectivity index (χ0) is 14.4. The normalized spacial score (nSPS) is 15.8. The molecule has 108 valence electrons. The highest BCUT2D eigenvalue weighted by Gasteiger charge is 2.16. The predicted molar refractivity (Wildman–Crippen MR) is 83.2 cm³/mol. The van der Waals surface area contributed by atoms with E-state index in [9.17, 15) is 4.79 Å². The molecule has 3 nitrogen and oxygen atoms in total. The number of hydrogen-bond acceptors (Lipinski definition) is 3. The van der Waals surface area contributed by atoms with Gasteiger partial charge in [-0.2, -0.15) is 11.8 Å². The number of thioether (sulfide) groups is 1. The number of aliphatic carboxylic acids is 1. The summed E-state index contributed by atoms with van der Waals surface area (Å²) in [4.78, 5) is 10.6. The molecule has 1 aromatic carbocycles. The van der Waals surface area contributed by atoms with E-state index in [2.05, 4.69) is 0 Å². The predicted octanol–water partition coefficient (Wildman–Crippen LogP) is 3.97. The quantitative estimate of drug-likeness (QED) is 0.806. The van der Waals surface area contributed by atoms with Crippen molar-refractivity contribution < 1.29 is 14.6 Å². The summed E-state index contributed by atoms with van der Waals surface area (Å²) in [7, 11) is 1.67. The Morgan fingerprint density at radius 1 is 1.45 bits per heavy atom. The van der Waals surface area contributed by atoms with E-state index in [1.54, 1.807) is 13.2 Å². The summed E-state index contributed by atoms with van der Waals surface area (Å²) in [5.41, 5.74) is 2.03. The lowest BCUT2D eigenvalue weighted by molar-refractivity contribution is -0.131. The van der Waals surface area contributed by atoms with Crippen molar-refractivity contribution >= 4 is 23.8 Å². The monoisotopic (exact) mass is 292 g/mol. The molecule has 4 heteroatoms. The molecule has 0 atom stereocenters. The van der Waals surface area contributed by atoms with Gasteiger partial charge in [0.25, 0.3) is 0 Å². The van der Waals surface area contributed by atoms with Crippen LogP contribution in [0.2, 0.25) is 0 Å². The number of hydrogen-bond donors (Lipinski definition) is 1. The van der Waals surface area contributed by atoms with Crippen molar-refractivity contribution in [3.63, 3.8) is 0 Å². The molecule has 0 heterocycles. The molecular weight excluding hydrogens is 272 g/mol. The van der Waals surface area contributed by atoms with Crippen molar-refractivity contribution in [1.29, 1.82) is 0 Å². The van der Waals surface area contributed by atoms with Crippen LogP contribution in [0, 0.1) is 0 Å². The topological polar surface area (TPSA) is 46.5 Å². The zero-order valence-electron chi connectivity index (χ0n) is 11.7. The van der Waals surface area contributed by atoms with Gasteiger partial charge in [-0.1, -0.05) is 18.9 Å². The molecule has 0 aliphatic heterocycles. The van der Waals surface area contributed by atoms with Gasteiger partial charge in [0.15, 0.2) is 0 Å². The Morgan fingerprint density at radius 3 is 2.85 bits per heavy atom. The van der Waals surface area contributed by atoms with E-state index in [1.165, 1.54) is 25.7 Å². The van der Waals surface area contributed by atoms with E-state index in [4.69, 9.17) is 9.84 Å². The molecule has 0 radical (unpaired) electrons. The first kappa shape index (κ1) is 15.0. The molecule has 0 amide bonds. The van der Waals surface area contributed by atoms with Crippen molar-refractivity contribution in [2.24, 2.45) is 0 Å². The number of rotatable bonds is 6. The Bertz CT molecular complexity index is 490. The lowest BCUT2D eigenvalue weighted by Crippen LogP contribution is -1.97. The maximum absolute atomic E-state index is 10.6. The fraction of sp³-hybridized carbons (Fsp3) is 0.438. The third-order valence-electron chi connectivity index (χ3n) is 3.50. The number of carboxylic acid groups (broad SMARTS) is 1. The van der Waals surface area contributed by atoms with Gasteiger partial charge in [-0.05, 0) is 36.6 Å². The van der Waals surface area contributed by atoms with E-state index in [-0.39, 0.29) is 0 Å². The summed E-state index contributed by atoms with van der Waals surface area (Å²) < 4.78 is 5.39. The Labute approximate surface area is 124 Å². The van der Waals surface area contributed by atoms with Gasteiger partial charge >= 0.3 is 5.97 Å². The van der Waals surface area contributed by atoms with Gasteiger partial charge in [0.2, 0.25) is 0 Å². The van der Waals surface area contributed by atoms with Crippen LogP contribution >= 0.6 is 11.8 Å². The summed E-state index contributed by atoms with van der Waals surface area (Å²) in [5.74, 6) is 0.869. The van der Waals surface area contributed by atoms with E-state index < -0.39 is 5.97 Å². The summed E-state index contributed by atoms with van der Waals surface area (Å²) >= 11 is 1.98. The van der Waals surface area contributed by atoms with Crippen molar-refractivity contribution in [3.05, 3.63) is 35.4 Å². The largest absolute Gasteiger partial charge is 0.496 e. The van der Waals surface area contributed by atoms with Crippen molar-refractivity contribution in [1.82, 2.24) is 0 Å². The molecule has 1 N–H and O–H groups in total. The van der Waals surface area contributed by atoms with Crippen LogP contribution < -0.4 is 4.74 Å². The smallest absolute Gasteiger partial charge is 0.328 e. The molecule has 0 unspecified atom stereocenters. The first-order valence-electron chi connectivity index (χ1n) is 6.88. The van der Waals surface area contributed by atoms with Gasteiger partial charge in [-0.15, -0.1) is 0 Å². The molecule has 1 aliphatic carbocycles. The van der Waals surface area contributed by atoms with E-state index >= 15 is 0 Å². The molecule has 1 fully saturated rings. The number of carbonyl (C=O) groups is 1. The third-order valence-corrected chi connectivity index (χ3v) is 4.92. The van der Waals surface area contributed by atoms with E-state index in [0.717, 1.165) is 34.0 Å². The SMILES string of the molecule is COc1ccc(C=CC(=O)O)cc1CSC1CCCC1. The van der Waals surface area contributed by atoms with Gasteiger partial charge in [0.1, 0.15) is 5.75 Å². The lowest BCUT2D eigenvalue weighted by Gasteiger charge is -2.12. The fourth-order valence-electron chi connectivity index (χ4n) is 2.45. The average Bonchev–Trinajstić information content (AvgIpc) is 2.96. The van der Waals surface area contributed by atoms with Crippen LogP contribution in [-0.2, 0) is 10.5 Å². The number of methoxy groups -OCH3 is 1. The molecule has 0 spiro atoms. The van der Waals surface area contributed by atoms with Gasteiger partial charge < -0.3 is 9.84 Å². The van der Waals surface area contributed by atoms with Crippen molar-refractivity contribution in [2.75, 3.05) is 7.11 Å². The minimum absolute atomic E-state index is 0.762. The first-order chi connectivity index (χ1) is 9.69. The van der Waals surface area contributed by atoms with Gasteiger partial charge in [0.05, 0.1) is 7.11 Å². The second-order valence-electron chi connectivity index (χ2n) is 4.96. The molecular formula is C16H20O3S. The summed E-state index contributed by atoms with van der Waals surface area (Å²) in [6.45, 7) is 0. The van der Waals surface area contributed by atoms with Crippen LogP contribution in [0.5, 0.6) is 5.75 Å². The van der Waals surface area contributed by atoms with Crippen LogP contribution in [0.15, 0.2) is 24.3 Å². The minimum Gasteiger partial charge on any atom is -0.496 e. The van der Waals surface area contributed by atoms with E-state index in [1.807, 2.05) is 30.0 Å². The van der Waals surface area contributed by atoms with Crippen LogP contribution in [-0.4, -0.2) is 23.4 Å². The van der Waals surface area contributed by atoms with Gasteiger partial charge in [-0.25, -0.2) is 4.79 Å². The fourth-order valence-corrected chi connectivity index (χ4v) is 3.75. The van der Waals surface area contributed by atoms with Crippen LogP contribution in [0.3, 0.4) is 0 Å². The Hall–Kier alpha value is -1.42. The molecule has 0 saturated heterocycles. The number of benzene rings is 1. The highest BCUT2D eigenvalue weighted by atomic mass is 32.2. The molecule has 1 aliphatic rings. The molecule has 1 aromatic rings. The van der Waals surface area contributed by atoms with Crippen LogP contribution in [0.25, 0.3) is 6.08 Å². The number of carboxylic acids is 1. The van der Waals surface area contributed by atoms with Crippen LogP contribution in [0.4, 0.5) is 0 Å². The highest BCUT2D eigenvalue weighted by Crippen LogP contribution is 2.34. The summed E-state index contributed by atoms with van der Waals surface area (Å²) in [5, 5.41) is 9.44. The summed E-state index contributed by atoms with van der Waals surface area (Å²) in [6.07, 6.45) is 8.09. The Morgan fingerprint density at radius 2 is 2.20 bits per heavy atom. The Balaban J connectivity index is 2.07. The van der Waals surface area contributed by atoms with Gasteiger partial charge in [0, 0.05) is 22.6 Å². The number of ether oxygens (including phenoxy) is 1. The molecule has 1 saturated carbocycles. The van der Waals surface area contributed by atoms with Crippen LogP contribution in [0.1, 0.15) is 36.8 Å². The molecule has 2 rings (SSSR count).